The third kappa shape index (κ3) is 15.3. The average molecular weight is 1160 g/mol. The maximum absolute atomic E-state index is 13.7. The number of hydrogen-bond acceptors (Lipinski definition) is 20. The summed E-state index contributed by atoms with van der Waals surface area (Å²) in [5.74, 6) is -5.77. The number of nitrogens with one attached hydrogen (secondary N) is 4. The van der Waals surface area contributed by atoms with Gasteiger partial charge in [0.1, 0.15) is 48.1 Å². The van der Waals surface area contributed by atoms with Crippen molar-refractivity contribution in [2.75, 3.05) is 59.7 Å². The Morgan fingerprint density at radius 1 is 0.605 bits per heavy atom. The van der Waals surface area contributed by atoms with Crippen LogP contribution in [0.4, 0.5) is 32.9 Å². The monoisotopic (exact) mass is 1160 g/mol. The summed E-state index contributed by atoms with van der Waals surface area (Å²) in [4.78, 5) is 113. The molecule has 0 unspecified atom stereocenters. The number of anilines is 4. The molecule has 6 aliphatic rings. The zero-order valence-corrected chi connectivity index (χ0v) is 45.8. The van der Waals surface area contributed by atoms with Gasteiger partial charge >= 0.3 is 24.1 Å². The van der Waals surface area contributed by atoms with Gasteiger partial charge in [0.05, 0.1) is 47.1 Å². The fraction of sp³-hybridized carbons (Fsp3) is 0.472. The highest BCUT2D eigenvalue weighted by Crippen LogP contribution is 2.46. The number of cyclic esters (lactones) is 2. The van der Waals surface area contributed by atoms with Crippen molar-refractivity contribution in [3.63, 3.8) is 0 Å². The number of carbonyl (C=O) groups is 8. The molecule has 0 bridgehead atoms. The van der Waals surface area contributed by atoms with Crippen LogP contribution in [0.3, 0.4) is 0 Å². The number of carbonyl (C=O) groups excluding carboxylic acids is 6. The van der Waals surface area contributed by atoms with Crippen LogP contribution in [0.25, 0.3) is 0 Å². The normalized spacial score (nSPS) is 21.4. The van der Waals surface area contributed by atoms with E-state index in [0.717, 1.165) is 46.7 Å². The third-order valence-corrected chi connectivity index (χ3v) is 14.3. The van der Waals surface area contributed by atoms with Crippen LogP contribution >= 0.6 is 23.2 Å². The van der Waals surface area contributed by atoms with E-state index in [1.54, 1.807) is 0 Å². The van der Waals surface area contributed by atoms with Gasteiger partial charge in [-0.25, -0.2) is 39.1 Å². The zero-order valence-electron chi connectivity index (χ0n) is 44.3. The molecular weight excluding hydrogens is 1100 g/mol. The van der Waals surface area contributed by atoms with Crippen LogP contribution in [0.5, 0.6) is 0 Å². The molecule has 2 saturated carbocycles. The van der Waals surface area contributed by atoms with Crippen molar-refractivity contribution in [2.45, 2.75) is 122 Å². The lowest BCUT2D eigenvalue weighted by atomic mass is 9.96. The molecule has 4 amide bonds. The summed E-state index contributed by atoms with van der Waals surface area (Å²) >= 11 is 12.2. The predicted molar refractivity (Wildman–Crippen MR) is 290 cm³/mol. The molecule has 0 radical (unpaired) electrons. The van der Waals surface area contributed by atoms with Crippen LogP contribution in [0.1, 0.15) is 108 Å². The van der Waals surface area contributed by atoms with Crippen LogP contribution in [-0.4, -0.2) is 163 Å². The number of ether oxygens (including phenoxy) is 2. The van der Waals surface area contributed by atoms with Gasteiger partial charge in [-0.3, -0.25) is 20.2 Å². The second-order valence-electron chi connectivity index (χ2n) is 20.0. The minimum absolute atomic E-state index is 0. The number of carboxylic acids is 4. The SMILES string of the molecule is C.CC(C)NC[C@@H](C(=O)N1CCN(c2ncnc3c2[C@@H](C)OC(=O)N3)[C@H]2C[C@H]21)c1ccc(Cl)cc1.CC(C)NC[C@@H](C(=O)N1CCN(c2ncnc3c2[C@@H](C)OC(=O)N3)[C@H]2C[C@H]21)c1ccc(Cl)cc1.O=C([O-])C(=O)O.O=C([O-])C(=O)O. The molecule has 2 aromatic carbocycles. The molecule has 6 N–H and O–H groups in total. The molecule has 26 nitrogen and oxygen atoms in total. The zero-order chi connectivity index (χ0) is 58.3. The fourth-order valence-electron chi connectivity index (χ4n) is 9.91. The van der Waals surface area contributed by atoms with Gasteiger partial charge in [-0.15, -0.1) is 0 Å². The minimum atomic E-state index is -2.07. The number of amides is 4. The van der Waals surface area contributed by atoms with Gasteiger partial charge in [-0.05, 0) is 62.1 Å². The Kier molecular flexibility index (Phi) is 20.8. The van der Waals surface area contributed by atoms with Gasteiger partial charge in [0.25, 0.3) is 0 Å². The quantitative estimate of drug-likeness (QED) is 0.111. The number of benzene rings is 2. The number of piperazine rings is 2. The Hall–Kier alpha value is -7.94. The summed E-state index contributed by atoms with van der Waals surface area (Å²) in [6, 6.07) is 16.3. The van der Waals surface area contributed by atoms with Crippen LogP contribution in [0.15, 0.2) is 61.2 Å². The summed E-state index contributed by atoms with van der Waals surface area (Å²) in [5, 5.41) is 46.1. The van der Waals surface area contributed by atoms with E-state index < -0.39 is 48.3 Å². The van der Waals surface area contributed by atoms with Gasteiger partial charge in [-0.2, -0.15) is 0 Å². The van der Waals surface area contributed by atoms with Crippen LogP contribution < -0.4 is 41.3 Å². The smallest absolute Gasteiger partial charge is 0.413 e. The Balaban J connectivity index is 0.000000215. The van der Waals surface area contributed by atoms with E-state index in [0.29, 0.717) is 60.9 Å². The Labute approximate surface area is 476 Å². The van der Waals surface area contributed by atoms with E-state index in [2.05, 4.69) is 78.7 Å². The molecule has 4 fully saturated rings. The molecule has 28 heteroatoms. The first-order valence-corrected chi connectivity index (χ1v) is 26.4. The fourth-order valence-corrected chi connectivity index (χ4v) is 10.2. The van der Waals surface area contributed by atoms with Gasteiger partial charge < -0.3 is 69.7 Å². The van der Waals surface area contributed by atoms with Crippen molar-refractivity contribution < 1.29 is 68.3 Å². The molecule has 8 atom stereocenters. The van der Waals surface area contributed by atoms with E-state index in [9.17, 15) is 19.2 Å². The molecule has 4 aromatic rings. The highest BCUT2D eigenvalue weighted by Gasteiger charge is 2.54. The first kappa shape index (κ1) is 62.3. The van der Waals surface area contributed by atoms with E-state index in [4.69, 9.17) is 72.3 Å². The van der Waals surface area contributed by atoms with Crippen LogP contribution in [0, 0.1) is 0 Å². The van der Waals surface area contributed by atoms with Crippen molar-refractivity contribution in [3.05, 3.63) is 93.5 Å². The van der Waals surface area contributed by atoms with Gasteiger partial charge in [0.2, 0.25) is 11.8 Å². The second-order valence-corrected chi connectivity index (χ2v) is 20.8. The minimum Gasteiger partial charge on any atom is -0.539 e. The number of rotatable bonds is 12. The Bertz CT molecular complexity index is 2760. The number of aliphatic carboxylic acids is 4. The molecule has 6 heterocycles. The summed E-state index contributed by atoms with van der Waals surface area (Å²) in [6.07, 6.45) is 2.82. The lowest BCUT2D eigenvalue weighted by Gasteiger charge is -2.38. The number of fused-ring (bicyclic) bond motifs is 4. The van der Waals surface area contributed by atoms with E-state index in [1.807, 2.05) is 72.2 Å². The maximum Gasteiger partial charge on any atom is 0.413 e. The largest absolute Gasteiger partial charge is 0.539 e. The number of carboxylic acid groups (broad SMARTS) is 4. The highest BCUT2D eigenvalue weighted by atomic mass is 35.5. The van der Waals surface area contributed by atoms with Gasteiger partial charge in [-0.1, -0.05) is 82.6 Å². The number of aromatic nitrogens is 4. The lowest BCUT2D eigenvalue weighted by Crippen LogP contribution is -2.51. The van der Waals surface area contributed by atoms with Crippen molar-refractivity contribution in [3.8, 4) is 0 Å². The van der Waals surface area contributed by atoms with E-state index in [1.165, 1.54) is 12.7 Å². The summed E-state index contributed by atoms with van der Waals surface area (Å²) < 4.78 is 10.7. The molecule has 2 aromatic heterocycles. The molecular formula is C53H64Cl2N12O14-2. The average Bonchev–Trinajstić information content (AvgIpc) is 4.53. The second kappa shape index (κ2) is 27.0. The standard InChI is InChI=1S/2C24H29ClN6O3.2C2H2O4.CH4/c2*1-13(2)26-11-17(15-4-6-16(25)7-5-15)23(32)31-9-8-30(18-10-19(18)31)22-20-14(3)34-24(33)29-21(20)27-12-28-22;2*3-1(4)2(5)6;/h2*4-7,12-14,17-19,26H,8-11H2,1-3H3,(H,27,28,29,33);2*(H,3,4)(H,5,6);1H4/p-2/t2*14-,17-,18+,19-;;;/m11.../s1. The van der Waals surface area contributed by atoms with Crippen molar-refractivity contribution in [1.29, 1.82) is 0 Å². The summed E-state index contributed by atoms with van der Waals surface area (Å²) in [5.41, 5.74) is 3.50. The summed E-state index contributed by atoms with van der Waals surface area (Å²) in [6.45, 7) is 15.6. The number of nitrogens with zero attached hydrogens (tertiary/aromatic N) is 8. The molecule has 4 aliphatic heterocycles. The lowest BCUT2D eigenvalue weighted by molar-refractivity contribution is -0.303. The third-order valence-electron chi connectivity index (χ3n) is 13.8. The first-order chi connectivity index (χ1) is 37.9. The van der Waals surface area contributed by atoms with Crippen molar-refractivity contribution >= 4 is 94.4 Å². The van der Waals surface area contributed by atoms with E-state index in [-0.39, 0.29) is 67.3 Å². The van der Waals surface area contributed by atoms with Crippen LogP contribution in [-0.2, 0) is 38.2 Å². The van der Waals surface area contributed by atoms with E-state index >= 15 is 0 Å². The molecule has 2 aliphatic carbocycles. The molecule has 0 spiro atoms. The topological polar surface area (TPSA) is 354 Å². The van der Waals surface area contributed by atoms with Crippen LogP contribution in [0.2, 0.25) is 10.0 Å². The van der Waals surface area contributed by atoms with Crippen molar-refractivity contribution in [2.24, 2.45) is 0 Å². The van der Waals surface area contributed by atoms with Gasteiger partial charge in [0, 0.05) is 61.4 Å². The number of hydrogen-bond donors (Lipinski definition) is 6. The Morgan fingerprint density at radius 3 is 1.25 bits per heavy atom. The molecule has 436 valence electrons. The number of halogens is 2. The molecule has 81 heavy (non-hydrogen) atoms. The van der Waals surface area contributed by atoms with Gasteiger partial charge in [0.15, 0.2) is 11.9 Å². The Morgan fingerprint density at radius 2 is 0.938 bits per heavy atom. The molecule has 2 saturated heterocycles. The first-order valence-electron chi connectivity index (χ1n) is 25.6. The predicted octanol–water partition coefficient (Wildman–Crippen LogP) is 2.93. The summed E-state index contributed by atoms with van der Waals surface area (Å²) in [7, 11) is 0. The molecule has 10 rings (SSSR count). The maximum atomic E-state index is 13.7. The highest BCUT2D eigenvalue weighted by molar-refractivity contribution is 6.31. The van der Waals surface area contributed by atoms with Crippen molar-refractivity contribution in [1.82, 2.24) is 40.4 Å².